The first-order valence-electron chi connectivity index (χ1n) is 14.6. The molecule has 2 aromatic heterocycles. The molecule has 1 amide bonds. The number of carbonyl (C=O) groups excluding carboxylic acids is 1. The zero-order valence-corrected chi connectivity index (χ0v) is 26.9. The van der Waals surface area contributed by atoms with Crippen LogP contribution in [0.25, 0.3) is 0 Å². The molecule has 1 aliphatic heterocycles. The number of hydrogen-bond acceptors (Lipinski definition) is 8. The molecular weight excluding hydrogens is 599 g/mol. The second-order valence-corrected chi connectivity index (χ2v) is 14.3. The summed E-state index contributed by atoms with van der Waals surface area (Å²) >= 11 is 3.07. The summed E-state index contributed by atoms with van der Waals surface area (Å²) in [5.41, 5.74) is 3.94. The highest BCUT2D eigenvalue weighted by molar-refractivity contribution is 7.89. The minimum Gasteiger partial charge on any atom is -0.384 e. The van der Waals surface area contributed by atoms with Gasteiger partial charge in [-0.1, -0.05) is 36.4 Å². The van der Waals surface area contributed by atoms with Crippen LogP contribution < -0.4 is 20.3 Å². The summed E-state index contributed by atoms with van der Waals surface area (Å²) in [6, 6.07) is 19.6. The lowest BCUT2D eigenvalue weighted by molar-refractivity contribution is 0.0951. The normalized spacial score (nSPS) is 14.1. The fraction of sp³-hybridized carbons (Fsp3) is 0.344. The highest BCUT2D eigenvalue weighted by Crippen LogP contribution is 2.33. The number of unbranched alkanes of at least 4 members (excludes halogenated alkanes) is 1. The average Bonchev–Trinajstić information content (AvgIpc) is 3.74. The maximum atomic E-state index is 13.8. The monoisotopic (exact) mass is 637 g/mol. The molecule has 4 aromatic rings. The maximum Gasteiger partial charge on any atom is 0.253 e. The number of nitrogens with one attached hydrogen (secondary N) is 3. The molecule has 11 heteroatoms. The van der Waals surface area contributed by atoms with Gasteiger partial charge in [0.1, 0.15) is 4.90 Å². The molecule has 43 heavy (non-hydrogen) atoms. The smallest absolute Gasteiger partial charge is 0.253 e. The van der Waals surface area contributed by atoms with E-state index in [0.717, 1.165) is 61.6 Å². The van der Waals surface area contributed by atoms with E-state index in [1.807, 2.05) is 58.6 Å². The van der Waals surface area contributed by atoms with Gasteiger partial charge in [-0.3, -0.25) is 4.79 Å². The number of thiophene rings is 2. The summed E-state index contributed by atoms with van der Waals surface area (Å²) in [4.78, 5) is 19.1. The van der Waals surface area contributed by atoms with Gasteiger partial charge >= 0.3 is 0 Å². The van der Waals surface area contributed by atoms with E-state index in [2.05, 4.69) is 44.3 Å². The predicted octanol–water partition coefficient (Wildman–Crippen LogP) is 5.40. The minimum absolute atomic E-state index is 0.0886. The van der Waals surface area contributed by atoms with Crippen molar-refractivity contribution >= 4 is 50.0 Å². The van der Waals surface area contributed by atoms with Crippen LogP contribution in [-0.2, 0) is 29.5 Å². The molecule has 8 nitrogen and oxygen atoms in total. The number of nitrogens with zero attached hydrogens (tertiary/aromatic N) is 2. The molecular formula is C32H39N5O3S3. The third-order valence-corrected chi connectivity index (χ3v) is 10.6. The van der Waals surface area contributed by atoms with E-state index in [1.54, 1.807) is 17.4 Å². The van der Waals surface area contributed by atoms with Crippen molar-refractivity contribution in [2.75, 3.05) is 50.0 Å². The Hall–Kier alpha value is -3.22. The van der Waals surface area contributed by atoms with Gasteiger partial charge < -0.3 is 20.4 Å². The van der Waals surface area contributed by atoms with E-state index >= 15 is 0 Å². The van der Waals surface area contributed by atoms with Crippen molar-refractivity contribution in [1.29, 1.82) is 0 Å². The molecule has 1 aliphatic rings. The van der Waals surface area contributed by atoms with Crippen LogP contribution in [0.15, 0.2) is 81.7 Å². The Bertz CT molecular complexity index is 1550. The molecule has 5 rings (SSSR count). The molecule has 0 atom stereocenters. The molecule has 0 radical (unpaired) electrons. The fourth-order valence-electron chi connectivity index (χ4n) is 5.07. The molecule has 0 bridgehead atoms. The number of anilines is 2. The molecule has 0 spiro atoms. The number of amides is 1. The number of sulfonamides is 1. The summed E-state index contributed by atoms with van der Waals surface area (Å²) < 4.78 is 30.3. The van der Waals surface area contributed by atoms with Gasteiger partial charge in [0.05, 0.1) is 16.9 Å². The zero-order valence-electron chi connectivity index (χ0n) is 24.4. The van der Waals surface area contributed by atoms with Crippen molar-refractivity contribution in [3.63, 3.8) is 0 Å². The Balaban J connectivity index is 1.42. The Labute approximate surface area is 262 Å². The Morgan fingerprint density at radius 1 is 0.907 bits per heavy atom. The van der Waals surface area contributed by atoms with Crippen molar-refractivity contribution < 1.29 is 13.2 Å². The van der Waals surface area contributed by atoms with Crippen molar-refractivity contribution in [3.05, 3.63) is 98.4 Å². The van der Waals surface area contributed by atoms with Crippen LogP contribution in [0.2, 0.25) is 0 Å². The van der Waals surface area contributed by atoms with E-state index in [0.29, 0.717) is 24.3 Å². The van der Waals surface area contributed by atoms with E-state index in [1.165, 1.54) is 16.9 Å². The molecule has 2 aromatic carbocycles. The third-order valence-electron chi connectivity index (χ3n) is 7.58. The van der Waals surface area contributed by atoms with Gasteiger partial charge in [-0.15, -0.1) is 11.3 Å². The van der Waals surface area contributed by atoms with Crippen molar-refractivity contribution in [1.82, 2.24) is 14.9 Å². The summed E-state index contributed by atoms with van der Waals surface area (Å²) in [5, 5.41) is 12.3. The first-order valence-corrected chi connectivity index (χ1v) is 17.9. The molecule has 0 aliphatic carbocycles. The summed E-state index contributed by atoms with van der Waals surface area (Å²) in [6.07, 6.45) is 2.82. The van der Waals surface area contributed by atoms with Gasteiger partial charge in [0, 0.05) is 50.7 Å². The summed E-state index contributed by atoms with van der Waals surface area (Å²) in [6.45, 7) is 4.41. The van der Waals surface area contributed by atoms with Crippen LogP contribution in [0, 0.1) is 0 Å². The summed E-state index contributed by atoms with van der Waals surface area (Å²) in [7, 11) is -1.85. The van der Waals surface area contributed by atoms with E-state index in [4.69, 9.17) is 0 Å². The minimum atomic E-state index is -3.93. The lowest BCUT2D eigenvalue weighted by Gasteiger charge is -2.35. The number of piperazine rings is 1. The molecule has 3 heterocycles. The predicted molar refractivity (Wildman–Crippen MR) is 178 cm³/mol. The lowest BCUT2D eigenvalue weighted by Crippen LogP contribution is -2.45. The number of rotatable bonds is 14. The standard InChI is InChI=1S/C32H39N5O3S3/c1-36-14-16-37(17-15-36)30-21-29(33-13-6-5-10-25-8-3-2-4-9-25)31(43(39,40)35-23-27-11-7-18-42-27)20-28(30)32(38)34-22-26-12-19-41-24-26/h2-4,7-9,11-12,18-21,24,33,35H,5-6,10,13-17,22-23H2,1H3,(H,34,38). The molecule has 228 valence electrons. The largest absolute Gasteiger partial charge is 0.384 e. The van der Waals surface area contributed by atoms with Crippen molar-refractivity contribution in [2.45, 2.75) is 37.2 Å². The van der Waals surface area contributed by atoms with Crippen LogP contribution in [0.4, 0.5) is 11.4 Å². The van der Waals surface area contributed by atoms with Crippen molar-refractivity contribution in [2.24, 2.45) is 0 Å². The van der Waals surface area contributed by atoms with Gasteiger partial charge in [0.25, 0.3) is 5.91 Å². The molecule has 0 saturated carbocycles. The fourth-order valence-corrected chi connectivity index (χ4v) is 7.67. The SMILES string of the molecule is CN1CCN(c2cc(NCCCCc3ccccc3)c(S(=O)(=O)NCc3cccs3)cc2C(=O)NCc2ccsc2)CC1. The first-order chi connectivity index (χ1) is 20.9. The first kappa shape index (κ1) is 31.2. The van der Waals surface area contributed by atoms with E-state index in [-0.39, 0.29) is 17.3 Å². The lowest BCUT2D eigenvalue weighted by atomic mass is 10.1. The van der Waals surface area contributed by atoms with E-state index < -0.39 is 10.0 Å². The number of aryl methyl sites for hydroxylation is 1. The Kier molecular flexibility index (Phi) is 10.9. The van der Waals surface area contributed by atoms with E-state index in [9.17, 15) is 13.2 Å². The van der Waals surface area contributed by atoms with Gasteiger partial charge in [0.2, 0.25) is 10.0 Å². The second-order valence-electron chi connectivity index (χ2n) is 10.7. The number of hydrogen-bond donors (Lipinski definition) is 3. The zero-order chi connectivity index (χ0) is 30.1. The van der Waals surface area contributed by atoms with Crippen molar-refractivity contribution in [3.8, 4) is 0 Å². The second kappa shape index (κ2) is 15.0. The molecule has 0 unspecified atom stereocenters. The Morgan fingerprint density at radius 2 is 1.72 bits per heavy atom. The van der Waals surface area contributed by atoms with Crippen LogP contribution in [0.5, 0.6) is 0 Å². The molecule has 1 fully saturated rings. The van der Waals surface area contributed by atoms with Gasteiger partial charge in [-0.2, -0.15) is 11.3 Å². The highest BCUT2D eigenvalue weighted by Gasteiger charge is 2.27. The average molecular weight is 638 g/mol. The van der Waals surface area contributed by atoms with Crippen LogP contribution >= 0.6 is 22.7 Å². The molecule has 3 N–H and O–H groups in total. The van der Waals surface area contributed by atoms with Gasteiger partial charge in [0.15, 0.2) is 0 Å². The third kappa shape index (κ3) is 8.67. The summed E-state index contributed by atoms with van der Waals surface area (Å²) in [5.74, 6) is -0.288. The van der Waals surface area contributed by atoms with Crippen LogP contribution in [0.1, 0.15) is 39.2 Å². The van der Waals surface area contributed by atoms with Crippen LogP contribution in [0.3, 0.4) is 0 Å². The molecule has 1 saturated heterocycles. The van der Waals surface area contributed by atoms with Gasteiger partial charge in [-0.25, -0.2) is 13.1 Å². The number of benzene rings is 2. The maximum absolute atomic E-state index is 13.8. The Morgan fingerprint density at radius 3 is 2.44 bits per heavy atom. The van der Waals surface area contributed by atoms with Crippen LogP contribution in [-0.4, -0.2) is 59.0 Å². The topological polar surface area (TPSA) is 93.8 Å². The number of carbonyl (C=O) groups is 1. The number of likely N-dealkylation sites (N-methyl/N-ethyl adjacent to an activating group) is 1. The highest BCUT2D eigenvalue weighted by atomic mass is 32.2. The van der Waals surface area contributed by atoms with Gasteiger partial charge in [-0.05, 0) is 77.8 Å². The quantitative estimate of drug-likeness (QED) is 0.160.